The number of aliphatic imine (C=N–C) groups is 1. The second-order valence-electron chi connectivity index (χ2n) is 5.04. The summed E-state index contributed by atoms with van der Waals surface area (Å²) in [6.45, 7) is 0.651. The van der Waals surface area contributed by atoms with Gasteiger partial charge in [0.15, 0.2) is 5.96 Å². The van der Waals surface area contributed by atoms with Crippen LogP contribution >= 0.6 is 11.3 Å². The molecule has 0 atom stereocenters. The zero-order chi connectivity index (χ0) is 14.5. The Balaban J connectivity index is 1.53. The lowest BCUT2D eigenvalue weighted by Crippen LogP contribution is -2.23. The van der Waals surface area contributed by atoms with Crippen molar-refractivity contribution >= 4 is 23.1 Å². The third-order valence-electron chi connectivity index (χ3n) is 3.42. The molecular formula is C15H19N5S. The number of nitrogens with two attached hydrogens (primary N) is 1. The molecule has 0 radical (unpaired) electrons. The quantitative estimate of drug-likeness (QED) is 0.671. The molecule has 3 rings (SSSR count). The minimum absolute atomic E-state index is 0.398. The van der Waals surface area contributed by atoms with E-state index < -0.39 is 0 Å². The molecule has 0 bridgehead atoms. The Morgan fingerprint density at radius 2 is 2.24 bits per heavy atom. The summed E-state index contributed by atoms with van der Waals surface area (Å²) in [6.07, 6.45) is 7.47. The van der Waals surface area contributed by atoms with Gasteiger partial charge in [-0.25, -0.2) is 9.97 Å². The van der Waals surface area contributed by atoms with E-state index in [-0.39, 0.29) is 0 Å². The zero-order valence-corrected chi connectivity index (χ0v) is 12.7. The SMILES string of the molecule is NC(=NCCc1nc2c(s1)CCCC2)Nc1ccccn1. The maximum atomic E-state index is 5.85. The van der Waals surface area contributed by atoms with Crippen molar-refractivity contribution in [3.05, 3.63) is 40.0 Å². The number of fused-ring (bicyclic) bond motifs is 1. The normalized spacial score (nSPS) is 14.8. The molecule has 2 aromatic heterocycles. The Labute approximate surface area is 128 Å². The van der Waals surface area contributed by atoms with Crippen LogP contribution < -0.4 is 11.1 Å². The lowest BCUT2D eigenvalue weighted by Gasteiger charge is -2.06. The Kier molecular flexibility index (Phi) is 4.45. The van der Waals surface area contributed by atoms with Crippen LogP contribution in [0.2, 0.25) is 0 Å². The summed E-state index contributed by atoms with van der Waals surface area (Å²) in [5.74, 6) is 1.11. The molecule has 5 nitrogen and oxygen atoms in total. The van der Waals surface area contributed by atoms with Gasteiger partial charge in [0.2, 0.25) is 0 Å². The second-order valence-corrected chi connectivity index (χ2v) is 6.21. The number of thiazole rings is 1. The molecule has 0 spiro atoms. The molecule has 0 aromatic carbocycles. The van der Waals surface area contributed by atoms with E-state index in [9.17, 15) is 0 Å². The van der Waals surface area contributed by atoms with Gasteiger partial charge in [0, 0.05) is 24.0 Å². The maximum absolute atomic E-state index is 5.85. The van der Waals surface area contributed by atoms with Crippen molar-refractivity contribution in [2.45, 2.75) is 32.1 Å². The van der Waals surface area contributed by atoms with E-state index in [4.69, 9.17) is 10.7 Å². The number of nitrogens with one attached hydrogen (secondary N) is 1. The highest BCUT2D eigenvalue weighted by molar-refractivity contribution is 7.11. The highest BCUT2D eigenvalue weighted by Crippen LogP contribution is 2.26. The lowest BCUT2D eigenvalue weighted by molar-refractivity contribution is 0.680. The number of guanidine groups is 1. The largest absolute Gasteiger partial charge is 0.370 e. The molecule has 0 saturated heterocycles. The average molecular weight is 301 g/mol. The highest BCUT2D eigenvalue weighted by atomic mass is 32.1. The van der Waals surface area contributed by atoms with Crippen molar-refractivity contribution in [2.24, 2.45) is 10.7 Å². The van der Waals surface area contributed by atoms with E-state index in [1.165, 1.54) is 34.8 Å². The van der Waals surface area contributed by atoms with Gasteiger partial charge >= 0.3 is 0 Å². The van der Waals surface area contributed by atoms with E-state index in [2.05, 4.69) is 15.3 Å². The molecule has 6 heteroatoms. The summed E-state index contributed by atoms with van der Waals surface area (Å²) >= 11 is 1.84. The van der Waals surface area contributed by atoms with Crippen molar-refractivity contribution in [1.29, 1.82) is 0 Å². The summed E-state index contributed by atoms with van der Waals surface area (Å²) in [7, 11) is 0. The monoisotopic (exact) mass is 301 g/mol. The summed E-state index contributed by atoms with van der Waals surface area (Å²) in [5, 5.41) is 4.15. The van der Waals surface area contributed by atoms with Crippen molar-refractivity contribution in [2.75, 3.05) is 11.9 Å². The minimum atomic E-state index is 0.398. The molecule has 0 unspecified atom stereocenters. The van der Waals surface area contributed by atoms with Crippen molar-refractivity contribution < 1.29 is 0 Å². The average Bonchev–Trinajstić information content (AvgIpc) is 2.91. The smallest absolute Gasteiger partial charge is 0.194 e. The molecule has 1 aliphatic carbocycles. The second kappa shape index (κ2) is 6.67. The third-order valence-corrected chi connectivity index (χ3v) is 4.64. The van der Waals surface area contributed by atoms with Crippen LogP contribution in [0.5, 0.6) is 0 Å². The van der Waals surface area contributed by atoms with Gasteiger partial charge < -0.3 is 11.1 Å². The molecule has 0 saturated carbocycles. The van der Waals surface area contributed by atoms with Gasteiger partial charge in [-0.15, -0.1) is 11.3 Å². The van der Waals surface area contributed by atoms with Crippen LogP contribution in [0.3, 0.4) is 0 Å². The number of nitrogens with zero attached hydrogens (tertiary/aromatic N) is 3. The van der Waals surface area contributed by atoms with Crippen LogP contribution in [0.1, 0.15) is 28.4 Å². The fraction of sp³-hybridized carbons (Fsp3) is 0.400. The van der Waals surface area contributed by atoms with E-state index in [0.29, 0.717) is 18.3 Å². The van der Waals surface area contributed by atoms with Crippen molar-refractivity contribution in [3.63, 3.8) is 0 Å². The van der Waals surface area contributed by atoms with Gasteiger partial charge in [0.05, 0.1) is 10.7 Å². The number of hydrogen-bond donors (Lipinski definition) is 2. The van der Waals surface area contributed by atoms with E-state index in [1.54, 1.807) is 6.20 Å². The van der Waals surface area contributed by atoms with Crippen molar-refractivity contribution in [3.8, 4) is 0 Å². The molecule has 1 aliphatic rings. The van der Waals surface area contributed by atoms with E-state index >= 15 is 0 Å². The fourth-order valence-corrected chi connectivity index (χ4v) is 3.54. The lowest BCUT2D eigenvalue weighted by atomic mass is 10.0. The summed E-state index contributed by atoms with van der Waals surface area (Å²) in [6, 6.07) is 5.63. The van der Waals surface area contributed by atoms with Crippen molar-refractivity contribution in [1.82, 2.24) is 9.97 Å². The van der Waals surface area contributed by atoms with Crippen LogP contribution in [0.4, 0.5) is 5.82 Å². The first kappa shape index (κ1) is 14.0. The Bertz CT molecular complexity index is 597. The van der Waals surface area contributed by atoms with Gasteiger partial charge in [-0.3, -0.25) is 4.99 Å². The standard InChI is InChI=1S/C15H19N5S/c16-15(20-13-7-3-4-9-17-13)18-10-8-14-19-11-5-1-2-6-12(11)21-14/h3-4,7,9H,1-2,5-6,8,10H2,(H3,16,17,18,20). The highest BCUT2D eigenvalue weighted by Gasteiger charge is 2.14. The molecule has 0 amide bonds. The van der Waals surface area contributed by atoms with Gasteiger partial charge in [-0.05, 0) is 37.8 Å². The van der Waals surface area contributed by atoms with Crippen LogP contribution in [-0.4, -0.2) is 22.5 Å². The molecule has 3 N–H and O–H groups in total. The minimum Gasteiger partial charge on any atom is -0.370 e. The maximum Gasteiger partial charge on any atom is 0.194 e. The predicted octanol–water partition coefficient (Wildman–Crippen LogP) is 2.39. The summed E-state index contributed by atoms with van der Waals surface area (Å²) in [4.78, 5) is 14.7. The molecule has 0 fully saturated rings. The summed E-state index contributed by atoms with van der Waals surface area (Å²) < 4.78 is 0. The molecule has 2 heterocycles. The van der Waals surface area contributed by atoms with Gasteiger partial charge in [0.1, 0.15) is 5.82 Å². The van der Waals surface area contributed by atoms with Crippen LogP contribution in [0.25, 0.3) is 0 Å². The van der Waals surface area contributed by atoms with E-state index in [1.807, 2.05) is 29.5 Å². The molecule has 2 aromatic rings. The Morgan fingerprint density at radius 3 is 3.05 bits per heavy atom. The molecular weight excluding hydrogens is 282 g/mol. The number of hydrogen-bond acceptors (Lipinski definition) is 4. The third kappa shape index (κ3) is 3.78. The number of pyridine rings is 1. The first-order valence-electron chi connectivity index (χ1n) is 7.27. The zero-order valence-electron chi connectivity index (χ0n) is 11.9. The molecule has 21 heavy (non-hydrogen) atoms. The molecule has 0 aliphatic heterocycles. The first-order chi connectivity index (χ1) is 10.3. The number of rotatable bonds is 4. The van der Waals surface area contributed by atoms with Gasteiger partial charge in [-0.1, -0.05) is 6.07 Å². The fourth-order valence-electron chi connectivity index (χ4n) is 2.39. The Morgan fingerprint density at radius 1 is 1.33 bits per heavy atom. The van der Waals surface area contributed by atoms with Crippen LogP contribution in [0, 0.1) is 0 Å². The Hall–Kier alpha value is -1.95. The van der Waals surface area contributed by atoms with Crippen LogP contribution in [0.15, 0.2) is 29.4 Å². The van der Waals surface area contributed by atoms with Gasteiger partial charge in [0.25, 0.3) is 0 Å². The van der Waals surface area contributed by atoms with Crippen LogP contribution in [-0.2, 0) is 19.3 Å². The number of anilines is 1. The number of aromatic nitrogens is 2. The predicted molar refractivity (Wildman–Crippen MR) is 86.8 cm³/mol. The molecule has 110 valence electrons. The summed E-state index contributed by atoms with van der Waals surface area (Å²) in [5.41, 5.74) is 7.16. The number of aryl methyl sites for hydroxylation is 2. The van der Waals surface area contributed by atoms with Gasteiger partial charge in [-0.2, -0.15) is 0 Å². The van der Waals surface area contributed by atoms with E-state index in [0.717, 1.165) is 12.8 Å². The first-order valence-corrected chi connectivity index (χ1v) is 8.08. The topological polar surface area (TPSA) is 76.2 Å².